The van der Waals surface area contributed by atoms with Crippen LogP contribution in [0.2, 0.25) is 0 Å². The second-order valence-electron chi connectivity index (χ2n) is 2.23. The van der Waals surface area contributed by atoms with Crippen LogP contribution in [-0.2, 0) is 9.53 Å². The summed E-state index contributed by atoms with van der Waals surface area (Å²) in [6.07, 6.45) is 1.08. The molecule has 0 radical (unpaired) electrons. The van der Waals surface area contributed by atoms with Gasteiger partial charge in [-0.3, -0.25) is 5.73 Å². The van der Waals surface area contributed by atoms with Crippen LogP contribution in [0, 0.1) is 0 Å². The predicted octanol–water partition coefficient (Wildman–Crippen LogP) is 0.410. The first-order valence-corrected chi connectivity index (χ1v) is 2.60. The molecule has 2 N–H and O–H groups in total. The van der Waals surface area contributed by atoms with Crippen molar-refractivity contribution in [2.45, 2.75) is 19.6 Å². The van der Waals surface area contributed by atoms with Crippen LogP contribution in [0.5, 0.6) is 0 Å². The highest BCUT2D eigenvalue weighted by molar-refractivity contribution is 5.81. The maximum Gasteiger partial charge on any atom is 0.331 e. The van der Waals surface area contributed by atoms with Gasteiger partial charge >= 0.3 is 5.97 Å². The van der Waals surface area contributed by atoms with E-state index >= 15 is 0 Å². The Morgan fingerprint density at radius 1 is 1.78 bits per heavy atom. The largest absolute Gasteiger partial charge is 0.442 e. The van der Waals surface area contributed by atoms with Gasteiger partial charge in [0.25, 0.3) is 0 Å². The molecule has 0 atom stereocenters. The summed E-state index contributed by atoms with van der Waals surface area (Å²) in [5.74, 6) is -0.498. The third-order valence-corrected chi connectivity index (χ3v) is 0.530. The fourth-order valence-corrected chi connectivity index (χ4v) is 0.301. The van der Waals surface area contributed by atoms with Crippen molar-refractivity contribution in [3.8, 4) is 0 Å². The summed E-state index contributed by atoms with van der Waals surface area (Å²) in [5, 5.41) is 0. The van der Waals surface area contributed by atoms with Gasteiger partial charge in [-0.05, 0) is 13.8 Å². The van der Waals surface area contributed by atoms with Crippen LogP contribution in [-0.4, -0.2) is 11.7 Å². The third-order valence-electron chi connectivity index (χ3n) is 0.530. The maximum absolute atomic E-state index is 10.4. The van der Waals surface area contributed by atoms with Gasteiger partial charge < -0.3 is 4.74 Å². The SMILES string of the molecule is C=CC(=O)OC(C)(C)N. The first kappa shape index (κ1) is 8.17. The minimum absolute atomic E-state index is 0.498. The Bertz CT molecular complexity index is 124. The van der Waals surface area contributed by atoms with E-state index < -0.39 is 11.7 Å². The van der Waals surface area contributed by atoms with Crippen LogP contribution >= 0.6 is 0 Å². The van der Waals surface area contributed by atoms with E-state index in [9.17, 15) is 4.79 Å². The smallest absolute Gasteiger partial charge is 0.331 e. The van der Waals surface area contributed by atoms with Crippen molar-refractivity contribution in [3.05, 3.63) is 12.7 Å². The van der Waals surface area contributed by atoms with E-state index in [-0.39, 0.29) is 0 Å². The van der Waals surface area contributed by atoms with Crippen molar-refractivity contribution in [1.29, 1.82) is 0 Å². The Morgan fingerprint density at radius 3 is 2.33 bits per heavy atom. The summed E-state index contributed by atoms with van der Waals surface area (Å²) in [5.41, 5.74) is 4.42. The van der Waals surface area contributed by atoms with E-state index in [1.807, 2.05) is 0 Å². The number of ether oxygens (including phenoxy) is 1. The second-order valence-corrected chi connectivity index (χ2v) is 2.23. The molecule has 0 heterocycles. The van der Waals surface area contributed by atoms with E-state index in [0.717, 1.165) is 6.08 Å². The molecule has 0 amide bonds. The molecule has 0 aromatic rings. The van der Waals surface area contributed by atoms with Crippen LogP contribution in [0.3, 0.4) is 0 Å². The molecule has 0 rings (SSSR count). The highest BCUT2D eigenvalue weighted by Crippen LogP contribution is 1.98. The van der Waals surface area contributed by atoms with Gasteiger partial charge in [-0.25, -0.2) is 4.79 Å². The molecular formula is C6H11NO2. The molecule has 0 aliphatic heterocycles. The van der Waals surface area contributed by atoms with Gasteiger partial charge in [0.1, 0.15) is 0 Å². The predicted molar refractivity (Wildman–Crippen MR) is 34.6 cm³/mol. The van der Waals surface area contributed by atoms with Crippen molar-refractivity contribution in [1.82, 2.24) is 0 Å². The van der Waals surface area contributed by atoms with E-state index in [2.05, 4.69) is 11.3 Å². The van der Waals surface area contributed by atoms with Gasteiger partial charge in [0.2, 0.25) is 0 Å². The summed E-state index contributed by atoms with van der Waals surface area (Å²) >= 11 is 0. The Balaban J connectivity index is 3.74. The number of hydrogen-bond donors (Lipinski definition) is 1. The molecule has 0 saturated carbocycles. The average Bonchev–Trinajstić information content (AvgIpc) is 1.62. The minimum Gasteiger partial charge on any atom is -0.442 e. The molecule has 3 heteroatoms. The van der Waals surface area contributed by atoms with Gasteiger partial charge in [-0.2, -0.15) is 0 Å². The highest BCUT2D eigenvalue weighted by atomic mass is 16.6. The zero-order valence-corrected chi connectivity index (χ0v) is 5.68. The fourth-order valence-electron chi connectivity index (χ4n) is 0.301. The molecule has 0 aromatic heterocycles. The molecular weight excluding hydrogens is 118 g/mol. The third kappa shape index (κ3) is 5.03. The van der Waals surface area contributed by atoms with Gasteiger partial charge in [-0.15, -0.1) is 0 Å². The second kappa shape index (κ2) is 2.64. The monoisotopic (exact) mass is 129 g/mol. The lowest BCUT2D eigenvalue weighted by Crippen LogP contribution is -2.37. The van der Waals surface area contributed by atoms with E-state index in [1.54, 1.807) is 13.8 Å². The van der Waals surface area contributed by atoms with Gasteiger partial charge in [0.15, 0.2) is 5.72 Å². The molecule has 0 unspecified atom stereocenters. The van der Waals surface area contributed by atoms with Crippen molar-refractivity contribution in [2.75, 3.05) is 0 Å². The van der Waals surface area contributed by atoms with Gasteiger partial charge in [-0.1, -0.05) is 6.58 Å². The first-order valence-electron chi connectivity index (χ1n) is 2.60. The first-order chi connectivity index (χ1) is 3.95. The molecule has 0 saturated heterocycles. The maximum atomic E-state index is 10.4. The number of rotatable bonds is 2. The Kier molecular flexibility index (Phi) is 2.40. The Hall–Kier alpha value is -0.830. The zero-order valence-electron chi connectivity index (χ0n) is 5.68. The van der Waals surface area contributed by atoms with Crippen molar-refractivity contribution >= 4 is 5.97 Å². The van der Waals surface area contributed by atoms with Crippen molar-refractivity contribution < 1.29 is 9.53 Å². The quantitative estimate of drug-likeness (QED) is 0.334. The van der Waals surface area contributed by atoms with Crippen LogP contribution in [0.1, 0.15) is 13.8 Å². The molecule has 0 fully saturated rings. The summed E-state index contributed by atoms with van der Waals surface area (Å²) in [6, 6.07) is 0. The zero-order chi connectivity index (χ0) is 7.49. The molecule has 52 valence electrons. The van der Waals surface area contributed by atoms with Crippen LogP contribution in [0.25, 0.3) is 0 Å². The number of nitrogens with two attached hydrogens (primary N) is 1. The minimum atomic E-state index is -0.898. The number of carbonyl (C=O) groups excluding carboxylic acids is 1. The molecule has 0 aliphatic rings. The van der Waals surface area contributed by atoms with Crippen LogP contribution < -0.4 is 5.73 Å². The number of hydrogen-bond acceptors (Lipinski definition) is 3. The molecule has 0 aromatic carbocycles. The van der Waals surface area contributed by atoms with Crippen molar-refractivity contribution in [2.24, 2.45) is 5.73 Å². The standard InChI is InChI=1S/C6H11NO2/c1-4-5(8)9-6(2,3)7/h4H,1,7H2,2-3H3. The molecule has 0 aliphatic carbocycles. The van der Waals surface area contributed by atoms with E-state index in [4.69, 9.17) is 5.73 Å². The Labute approximate surface area is 54.5 Å². The lowest BCUT2D eigenvalue weighted by Gasteiger charge is -2.17. The lowest BCUT2D eigenvalue weighted by molar-refractivity contribution is -0.149. The lowest BCUT2D eigenvalue weighted by atomic mass is 10.3. The average molecular weight is 129 g/mol. The molecule has 0 bridgehead atoms. The summed E-state index contributed by atoms with van der Waals surface area (Å²) in [7, 11) is 0. The fraction of sp³-hybridized carbons (Fsp3) is 0.500. The normalized spacial score (nSPS) is 10.6. The Morgan fingerprint density at radius 2 is 2.22 bits per heavy atom. The molecule has 9 heavy (non-hydrogen) atoms. The summed E-state index contributed by atoms with van der Waals surface area (Å²) in [4.78, 5) is 10.4. The van der Waals surface area contributed by atoms with E-state index in [0.29, 0.717) is 0 Å². The van der Waals surface area contributed by atoms with Crippen molar-refractivity contribution in [3.63, 3.8) is 0 Å². The highest BCUT2D eigenvalue weighted by Gasteiger charge is 2.13. The van der Waals surface area contributed by atoms with Crippen LogP contribution in [0.15, 0.2) is 12.7 Å². The molecule has 0 spiro atoms. The van der Waals surface area contributed by atoms with Gasteiger partial charge in [0, 0.05) is 6.08 Å². The van der Waals surface area contributed by atoms with Crippen LogP contribution in [0.4, 0.5) is 0 Å². The summed E-state index contributed by atoms with van der Waals surface area (Å²) in [6.45, 7) is 6.40. The summed E-state index contributed by atoms with van der Waals surface area (Å²) < 4.78 is 4.61. The number of esters is 1. The molecule has 3 nitrogen and oxygen atoms in total. The topological polar surface area (TPSA) is 52.3 Å². The van der Waals surface area contributed by atoms with Gasteiger partial charge in [0.05, 0.1) is 0 Å². The van der Waals surface area contributed by atoms with E-state index in [1.165, 1.54) is 0 Å². The number of carbonyl (C=O) groups is 1.